The number of thioether (sulfide) groups is 2. The quantitative estimate of drug-likeness (QED) is 0.700. The number of rotatable bonds is 6. The fourth-order valence-corrected chi connectivity index (χ4v) is 5.48. The van der Waals surface area contributed by atoms with E-state index < -0.39 is 24.4 Å². The lowest BCUT2D eigenvalue weighted by Crippen LogP contribution is -2.21. The van der Waals surface area contributed by atoms with Crippen molar-refractivity contribution in [1.29, 1.82) is 0 Å². The van der Waals surface area contributed by atoms with Crippen LogP contribution in [0.25, 0.3) is 0 Å². The van der Waals surface area contributed by atoms with Crippen molar-refractivity contribution in [2.24, 2.45) is 5.73 Å². The monoisotopic (exact) mass is 416 g/mol. The van der Waals surface area contributed by atoms with Gasteiger partial charge in [-0.15, -0.1) is 23.5 Å². The van der Waals surface area contributed by atoms with Crippen LogP contribution in [0.15, 0.2) is 48.5 Å². The summed E-state index contributed by atoms with van der Waals surface area (Å²) in [6.07, 6.45) is 1.23. The van der Waals surface area contributed by atoms with Gasteiger partial charge in [0.15, 0.2) is 6.61 Å². The van der Waals surface area contributed by atoms with Gasteiger partial charge in [0.2, 0.25) is 5.91 Å². The van der Waals surface area contributed by atoms with Gasteiger partial charge in [-0.2, -0.15) is 0 Å². The summed E-state index contributed by atoms with van der Waals surface area (Å²) in [5.41, 5.74) is 7.59. The van der Waals surface area contributed by atoms with Crippen LogP contribution in [0.2, 0.25) is 0 Å². The second-order valence-corrected chi connectivity index (χ2v) is 8.84. The summed E-state index contributed by atoms with van der Waals surface area (Å²) < 4.78 is 5.48. The van der Waals surface area contributed by atoms with E-state index in [1.165, 1.54) is 24.1 Å². The number of primary amides is 1. The van der Waals surface area contributed by atoms with Gasteiger partial charge in [-0.25, -0.2) is 4.79 Å². The maximum Gasteiger partial charge on any atom is 0.338 e. The van der Waals surface area contributed by atoms with Crippen molar-refractivity contribution in [3.05, 3.63) is 65.2 Å². The van der Waals surface area contributed by atoms with Crippen molar-refractivity contribution in [2.75, 3.05) is 23.4 Å². The van der Waals surface area contributed by atoms with Crippen LogP contribution in [-0.2, 0) is 9.53 Å². The lowest BCUT2D eigenvalue weighted by Gasteiger charge is -2.21. The number of benzene rings is 2. The van der Waals surface area contributed by atoms with Gasteiger partial charge < -0.3 is 15.8 Å². The summed E-state index contributed by atoms with van der Waals surface area (Å²) in [4.78, 5) is 35.1. The maximum atomic E-state index is 12.1. The molecule has 146 valence electrons. The largest absolute Gasteiger partial charge is 0.452 e. The molecule has 1 aliphatic heterocycles. The van der Waals surface area contributed by atoms with Crippen LogP contribution in [-0.4, -0.2) is 35.9 Å². The van der Waals surface area contributed by atoms with E-state index in [1.54, 1.807) is 24.3 Å². The SMILES string of the molecule is NC(=O)c1ccc(NC(=O)COC(=O)c2ccc(C3SCCCS3)cc2)cc1. The molecular weight excluding hydrogens is 396 g/mol. The van der Waals surface area contributed by atoms with Crippen LogP contribution in [0.1, 0.15) is 37.3 Å². The summed E-state index contributed by atoms with van der Waals surface area (Å²) in [7, 11) is 0. The lowest BCUT2D eigenvalue weighted by atomic mass is 10.1. The van der Waals surface area contributed by atoms with Crippen molar-refractivity contribution >= 4 is 47.0 Å². The molecule has 6 nitrogen and oxygen atoms in total. The molecule has 1 fully saturated rings. The van der Waals surface area contributed by atoms with E-state index in [9.17, 15) is 14.4 Å². The van der Waals surface area contributed by atoms with Gasteiger partial charge in [-0.05, 0) is 59.9 Å². The van der Waals surface area contributed by atoms with Crippen molar-refractivity contribution in [3.8, 4) is 0 Å². The predicted molar refractivity (Wildman–Crippen MR) is 113 cm³/mol. The van der Waals surface area contributed by atoms with Gasteiger partial charge in [0.25, 0.3) is 5.91 Å². The zero-order valence-electron chi connectivity index (χ0n) is 15.1. The molecule has 0 spiro atoms. The summed E-state index contributed by atoms with van der Waals surface area (Å²) in [5.74, 6) is 0.754. The third-order valence-corrected chi connectivity index (χ3v) is 7.05. The van der Waals surface area contributed by atoms with Gasteiger partial charge >= 0.3 is 5.97 Å². The number of hydrogen-bond donors (Lipinski definition) is 2. The number of nitrogens with two attached hydrogens (primary N) is 1. The molecule has 0 radical (unpaired) electrons. The van der Waals surface area contributed by atoms with Crippen LogP contribution in [0.4, 0.5) is 5.69 Å². The van der Waals surface area contributed by atoms with Crippen LogP contribution in [0.3, 0.4) is 0 Å². The highest BCUT2D eigenvalue weighted by atomic mass is 32.2. The smallest absolute Gasteiger partial charge is 0.338 e. The number of carbonyl (C=O) groups is 3. The van der Waals surface area contributed by atoms with Crippen molar-refractivity contribution in [1.82, 2.24) is 0 Å². The normalized spacial score (nSPS) is 14.3. The third kappa shape index (κ3) is 5.53. The highest BCUT2D eigenvalue weighted by molar-refractivity contribution is 8.16. The molecule has 1 saturated heterocycles. The van der Waals surface area contributed by atoms with Gasteiger partial charge in [-0.3, -0.25) is 9.59 Å². The Kier molecular flexibility index (Phi) is 7.00. The average Bonchev–Trinajstić information content (AvgIpc) is 2.73. The molecule has 0 saturated carbocycles. The molecule has 1 aliphatic rings. The fourth-order valence-electron chi connectivity index (χ4n) is 2.59. The fraction of sp³-hybridized carbons (Fsp3) is 0.250. The third-order valence-electron chi connectivity index (χ3n) is 4.03. The minimum absolute atomic E-state index is 0.345. The number of hydrogen-bond acceptors (Lipinski definition) is 6. The van der Waals surface area contributed by atoms with Gasteiger partial charge in [-0.1, -0.05) is 12.1 Å². The van der Waals surface area contributed by atoms with Crippen LogP contribution in [0.5, 0.6) is 0 Å². The van der Waals surface area contributed by atoms with E-state index in [4.69, 9.17) is 10.5 Å². The minimum Gasteiger partial charge on any atom is -0.452 e. The van der Waals surface area contributed by atoms with Crippen LogP contribution >= 0.6 is 23.5 Å². The zero-order chi connectivity index (χ0) is 19.9. The molecule has 3 N–H and O–H groups in total. The Balaban J connectivity index is 1.49. The number of carbonyl (C=O) groups excluding carboxylic acids is 3. The molecule has 0 atom stereocenters. The van der Waals surface area contributed by atoms with E-state index in [0.717, 1.165) is 11.5 Å². The number of amides is 2. The molecule has 2 aromatic carbocycles. The number of nitrogens with one attached hydrogen (secondary N) is 1. The summed E-state index contributed by atoms with van der Waals surface area (Å²) >= 11 is 3.83. The molecule has 0 aromatic heterocycles. The van der Waals surface area contributed by atoms with E-state index in [2.05, 4.69) is 5.32 Å². The van der Waals surface area contributed by atoms with Crippen molar-refractivity contribution in [3.63, 3.8) is 0 Å². The molecule has 0 unspecified atom stereocenters. The van der Waals surface area contributed by atoms with Gasteiger partial charge in [0.1, 0.15) is 0 Å². The number of esters is 1. The van der Waals surface area contributed by atoms with Crippen LogP contribution in [0, 0.1) is 0 Å². The number of ether oxygens (including phenoxy) is 1. The molecule has 8 heteroatoms. The zero-order valence-corrected chi connectivity index (χ0v) is 16.7. The predicted octanol–water partition coefficient (Wildman–Crippen LogP) is 3.45. The Morgan fingerprint density at radius 2 is 1.57 bits per heavy atom. The van der Waals surface area contributed by atoms with Gasteiger partial charge in [0.05, 0.1) is 10.1 Å². The second kappa shape index (κ2) is 9.66. The maximum absolute atomic E-state index is 12.1. The highest BCUT2D eigenvalue weighted by Gasteiger charge is 2.17. The molecule has 0 aliphatic carbocycles. The first-order valence-corrected chi connectivity index (χ1v) is 10.8. The van der Waals surface area contributed by atoms with Crippen LogP contribution < -0.4 is 11.1 Å². The Hall–Kier alpha value is -2.45. The van der Waals surface area contributed by atoms with E-state index in [1.807, 2.05) is 35.7 Å². The first-order valence-electron chi connectivity index (χ1n) is 8.73. The van der Waals surface area contributed by atoms with E-state index >= 15 is 0 Å². The molecule has 2 aromatic rings. The van der Waals surface area contributed by atoms with Gasteiger partial charge in [0, 0.05) is 11.3 Å². The Morgan fingerprint density at radius 3 is 2.18 bits per heavy atom. The summed E-state index contributed by atoms with van der Waals surface area (Å²) in [5, 5.41) is 2.59. The first kappa shape index (κ1) is 20.3. The highest BCUT2D eigenvalue weighted by Crippen LogP contribution is 2.43. The summed E-state index contributed by atoms with van der Waals surface area (Å²) in [6.45, 7) is -0.396. The average molecular weight is 417 g/mol. The first-order chi connectivity index (χ1) is 13.5. The minimum atomic E-state index is -0.547. The number of anilines is 1. The topological polar surface area (TPSA) is 98.5 Å². The van der Waals surface area contributed by atoms with E-state index in [-0.39, 0.29) is 0 Å². The van der Waals surface area contributed by atoms with E-state index in [0.29, 0.717) is 21.4 Å². The summed E-state index contributed by atoms with van der Waals surface area (Å²) in [6, 6.07) is 13.5. The molecule has 0 bridgehead atoms. The Labute approximate surface area is 171 Å². The Bertz CT molecular complexity index is 848. The molecular formula is C20H20N2O4S2. The Morgan fingerprint density at radius 1 is 0.964 bits per heavy atom. The lowest BCUT2D eigenvalue weighted by molar-refractivity contribution is -0.119. The molecule has 3 rings (SSSR count). The molecule has 2 amide bonds. The second-order valence-electron chi connectivity index (χ2n) is 6.11. The van der Waals surface area contributed by atoms with Crippen molar-refractivity contribution in [2.45, 2.75) is 11.0 Å². The molecule has 28 heavy (non-hydrogen) atoms. The van der Waals surface area contributed by atoms with Crippen molar-refractivity contribution < 1.29 is 19.1 Å². The standard InChI is InChI=1S/C20H20N2O4S2/c21-18(24)13-6-8-16(9-7-13)22-17(23)12-26-19(25)14-2-4-15(5-3-14)20-27-10-1-11-28-20/h2-9,20H,1,10-12H2,(H2,21,24)(H,22,23). The molecule has 1 heterocycles.